The number of furan rings is 1. The van der Waals surface area contributed by atoms with Crippen LogP contribution in [0.25, 0.3) is 17.4 Å². The molecule has 3 aromatic rings. The molecule has 0 unspecified atom stereocenters. The summed E-state index contributed by atoms with van der Waals surface area (Å²) < 4.78 is 5.67. The van der Waals surface area contributed by atoms with Gasteiger partial charge in [0.05, 0.1) is 9.95 Å². The van der Waals surface area contributed by atoms with E-state index in [4.69, 9.17) is 16.0 Å². The predicted molar refractivity (Wildman–Crippen MR) is 100 cm³/mol. The molecule has 0 radical (unpaired) electrons. The summed E-state index contributed by atoms with van der Waals surface area (Å²) in [6.07, 6.45) is 3.03. The Morgan fingerprint density at radius 3 is 2.62 bits per heavy atom. The third-order valence-electron chi connectivity index (χ3n) is 3.87. The van der Waals surface area contributed by atoms with Gasteiger partial charge >= 0.3 is 0 Å². The Morgan fingerprint density at radius 2 is 1.92 bits per heavy atom. The van der Waals surface area contributed by atoms with Gasteiger partial charge in [0, 0.05) is 23.3 Å². The number of non-ortho nitro benzene ring substituents is 1. The molecule has 0 saturated heterocycles. The Morgan fingerprint density at radius 1 is 1.15 bits per heavy atom. The van der Waals surface area contributed by atoms with Crippen LogP contribution in [-0.4, -0.2) is 10.7 Å². The summed E-state index contributed by atoms with van der Waals surface area (Å²) in [5.41, 5.74) is 1.99. The normalized spacial score (nSPS) is 11.0. The van der Waals surface area contributed by atoms with E-state index in [1.54, 1.807) is 24.3 Å². The minimum atomic E-state index is -0.511. The van der Waals surface area contributed by atoms with Gasteiger partial charge in [-0.15, -0.1) is 0 Å². The number of aryl methyl sites for hydroxylation is 1. The van der Waals surface area contributed by atoms with Crippen molar-refractivity contribution in [2.24, 2.45) is 0 Å². The van der Waals surface area contributed by atoms with Crippen LogP contribution in [0.1, 0.15) is 21.7 Å². The zero-order valence-electron chi connectivity index (χ0n) is 13.8. The first-order valence-corrected chi connectivity index (χ1v) is 8.15. The molecular weight excluding hydrogens is 354 g/mol. The maximum absolute atomic E-state index is 12.3. The summed E-state index contributed by atoms with van der Waals surface area (Å²) in [7, 11) is 0. The summed E-state index contributed by atoms with van der Waals surface area (Å²) in [5, 5.41) is 11.0. The van der Waals surface area contributed by atoms with E-state index in [-0.39, 0.29) is 16.5 Å². The molecule has 3 rings (SSSR count). The monoisotopic (exact) mass is 367 g/mol. The van der Waals surface area contributed by atoms with E-state index in [0.717, 1.165) is 5.56 Å². The van der Waals surface area contributed by atoms with Crippen molar-refractivity contribution in [1.29, 1.82) is 0 Å². The van der Waals surface area contributed by atoms with Gasteiger partial charge in [-0.25, -0.2) is 0 Å². The van der Waals surface area contributed by atoms with Crippen LogP contribution in [0.5, 0.6) is 0 Å². The Labute approximate surface area is 154 Å². The van der Waals surface area contributed by atoms with Crippen LogP contribution in [0.15, 0.2) is 65.1 Å². The van der Waals surface area contributed by atoms with Gasteiger partial charge in [0.1, 0.15) is 11.5 Å². The second kappa shape index (κ2) is 7.37. The molecule has 0 N–H and O–H groups in total. The number of carbonyl (C=O) groups excluding carboxylic acids is 1. The molecular formula is C20H14ClNO4. The molecule has 0 aliphatic heterocycles. The van der Waals surface area contributed by atoms with Gasteiger partial charge < -0.3 is 4.42 Å². The number of nitro benzene ring substituents is 1. The highest BCUT2D eigenvalue weighted by Crippen LogP contribution is 2.32. The van der Waals surface area contributed by atoms with E-state index in [1.165, 1.54) is 24.3 Å². The highest BCUT2D eigenvalue weighted by Gasteiger charge is 2.13. The van der Waals surface area contributed by atoms with E-state index in [2.05, 4.69) is 0 Å². The highest BCUT2D eigenvalue weighted by molar-refractivity contribution is 6.33. The minimum Gasteiger partial charge on any atom is -0.457 e. The summed E-state index contributed by atoms with van der Waals surface area (Å²) in [4.78, 5) is 22.5. The van der Waals surface area contributed by atoms with Crippen molar-refractivity contribution in [2.75, 3.05) is 0 Å². The van der Waals surface area contributed by atoms with Gasteiger partial charge in [0.2, 0.25) is 0 Å². The Bertz CT molecular complexity index is 1020. The number of allylic oxidation sites excluding steroid dienone is 1. The maximum atomic E-state index is 12.3. The van der Waals surface area contributed by atoms with Crippen LogP contribution in [0, 0.1) is 17.0 Å². The Kier molecular flexibility index (Phi) is 5.00. The molecule has 6 heteroatoms. The van der Waals surface area contributed by atoms with Crippen molar-refractivity contribution in [2.45, 2.75) is 6.92 Å². The number of benzene rings is 2. The van der Waals surface area contributed by atoms with Crippen molar-refractivity contribution in [3.8, 4) is 11.3 Å². The van der Waals surface area contributed by atoms with Crippen molar-refractivity contribution >= 4 is 29.1 Å². The molecule has 0 amide bonds. The van der Waals surface area contributed by atoms with Crippen LogP contribution in [0.2, 0.25) is 5.02 Å². The van der Waals surface area contributed by atoms with Crippen LogP contribution < -0.4 is 0 Å². The zero-order chi connectivity index (χ0) is 18.7. The molecule has 0 bridgehead atoms. The van der Waals surface area contributed by atoms with E-state index in [0.29, 0.717) is 22.6 Å². The number of hydrogen-bond donors (Lipinski definition) is 0. The molecule has 0 aliphatic rings. The maximum Gasteiger partial charge on any atom is 0.270 e. The van der Waals surface area contributed by atoms with Crippen molar-refractivity contribution in [3.63, 3.8) is 0 Å². The molecule has 1 aromatic heterocycles. The van der Waals surface area contributed by atoms with Crippen molar-refractivity contribution < 1.29 is 14.1 Å². The Hall–Kier alpha value is -3.18. The molecule has 2 aromatic carbocycles. The first-order valence-electron chi connectivity index (χ1n) is 7.78. The van der Waals surface area contributed by atoms with Crippen molar-refractivity contribution in [3.05, 3.63) is 92.7 Å². The SMILES string of the molecule is Cc1ccccc1C(=O)/C=C/c1ccc(-c2ccc([N+](=O)[O-])cc2Cl)o1. The van der Waals surface area contributed by atoms with E-state index >= 15 is 0 Å². The standard InChI is InChI=1S/C20H14ClNO4/c1-13-4-2-3-5-16(13)19(23)10-7-15-8-11-20(26-15)17-9-6-14(22(24)25)12-18(17)21/h2-12H,1H3/b10-7+. The molecule has 26 heavy (non-hydrogen) atoms. The van der Waals surface area contributed by atoms with E-state index < -0.39 is 4.92 Å². The first-order chi connectivity index (χ1) is 12.5. The molecule has 5 nitrogen and oxygen atoms in total. The van der Waals surface area contributed by atoms with Crippen LogP contribution in [0.3, 0.4) is 0 Å². The van der Waals surface area contributed by atoms with Gasteiger partial charge in [-0.1, -0.05) is 35.9 Å². The number of nitro groups is 1. The van der Waals surface area contributed by atoms with Crippen LogP contribution in [-0.2, 0) is 0 Å². The number of ketones is 1. The van der Waals surface area contributed by atoms with E-state index in [1.807, 2.05) is 25.1 Å². The largest absolute Gasteiger partial charge is 0.457 e. The molecule has 0 fully saturated rings. The molecule has 130 valence electrons. The number of nitrogens with zero attached hydrogens (tertiary/aromatic N) is 1. The smallest absolute Gasteiger partial charge is 0.270 e. The fourth-order valence-electron chi connectivity index (χ4n) is 2.50. The van der Waals surface area contributed by atoms with Gasteiger partial charge in [-0.2, -0.15) is 0 Å². The number of hydrogen-bond acceptors (Lipinski definition) is 4. The number of halogens is 1. The predicted octanol–water partition coefficient (Wildman–Crippen LogP) is 5.71. The zero-order valence-corrected chi connectivity index (χ0v) is 14.6. The summed E-state index contributed by atoms with van der Waals surface area (Å²) in [5.74, 6) is 0.832. The summed E-state index contributed by atoms with van der Waals surface area (Å²) in [6, 6.07) is 14.9. The molecule has 0 atom stereocenters. The summed E-state index contributed by atoms with van der Waals surface area (Å²) in [6.45, 7) is 1.88. The second-order valence-electron chi connectivity index (χ2n) is 5.64. The van der Waals surface area contributed by atoms with E-state index in [9.17, 15) is 14.9 Å². The lowest BCUT2D eigenvalue weighted by atomic mass is 10.0. The third-order valence-corrected chi connectivity index (χ3v) is 4.18. The van der Waals surface area contributed by atoms with Gasteiger partial charge in [0.15, 0.2) is 5.78 Å². The van der Waals surface area contributed by atoms with Crippen LogP contribution >= 0.6 is 11.6 Å². The fourth-order valence-corrected chi connectivity index (χ4v) is 2.77. The lowest BCUT2D eigenvalue weighted by molar-refractivity contribution is -0.384. The number of rotatable bonds is 5. The van der Waals surface area contributed by atoms with Gasteiger partial charge in [-0.05, 0) is 42.8 Å². The minimum absolute atomic E-state index is 0.0887. The van der Waals surface area contributed by atoms with Crippen molar-refractivity contribution in [1.82, 2.24) is 0 Å². The molecule has 1 heterocycles. The average molecular weight is 368 g/mol. The molecule has 0 spiro atoms. The second-order valence-corrected chi connectivity index (χ2v) is 6.04. The lowest BCUT2D eigenvalue weighted by Gasteiger charge is -2.01. The third kappa shape index (κ3) is 3.73. The summed E-state index contributed by atoms with van der Waals surface area (Å²) >= 11 is 6.11. The Balaban J connectivity index is 1.81. The average Bonchev–Trinajstić information content (AvgIpc) is 3.08. The topological polar surface area (TPSA) is 73.3 Å². The quantitative estimate of drug-likeness (QED) is 0.250. The number of carbonyl (C=O) groups is 1. The van der Waals surface area contributed by atoms with Gasteiger partial charge in [-0.3, -0.25) is 14.9 Å². The first kappa shape index (κ1) is 17.6. The highest BCUT2D eigenvalue weighted by atomic mass is 35.5. The fraction of sp³-hybridized carbons (Fsp3) is 0.0500. The molecule has 0 saturated carbocycles. The van der Waals surface area contributed by atoms with Gasteiger partial charge in [0.25, 0.3) is 5.69 Å². The molecule has 0 aliphatic carbocycles. The lowest BCUT2D eigenvalue weighted by Crippen LogP contribution is -1.96. The van der Waals surface area contributed by atoms with Crippen LogP contribution in [0.4, 0.5) is 5.69 Å².